The van der Waals surface area contributed by atoms with Gasteiger partial charge < -0.3 is 4.74 Å². The summed E-state index contributed by atoms with van der Waals surface area (Å²) >= 11 is 0. The predicted molar refractivity (Wildman–Crippen MR) is 102 cm³/mol. The topological polar surface area (TPSA) is 52.6 Å². The molecule has 0 amide bonds. The molecule has 0 heterocycles. The lowest BCUT2D eigenvalue weighted by Crippen LogP contribution is -2.12. The number of ether oxygens (including phenoxy) is 1. The fourth-order valence-corrected chi connectivity index (χ4v) is 3.57. The minimum atomic E-state index is -3.66. The molecule has 0 atom stereocenters. The molecule has 0 aromatic heterocycles. The monoisotopic (exact) mass is 370 g/mol. The molecule has 0 spiro atoms. The Morgan fingerprint density at radius 2 is 1.28 bits per heavy atom. The molecule has 0 bridgehead atoms. The largest absolute Gasteiger partial charge is 0.379 e. The van der Waals surface area contributed by atoms with E-state index in [-0.39, 0.29) is 11.5 Å². The molecule has 0 N–H and O–H groups in total. The molecule has 0 unspecified atom stereocenters. The quantitative estimate of drug-likeness (QED) is 0.291. The Balaban J connectivity index is 1.89. The van der Waals surface area contributed by atoms with Crippen molar-refractivity contribution in [3.05, 3.63) is 30.3 Å². The van der Waals surface area contributed by atoms with Gasteiger partial charge in [-0.05, 0) is 18.6 Å². The molecule has 1 rings (SSSR count). The first-order chi connectivity index (χ1) is 12.2. The zero-order chi connectivity index (χ0) is 18.2. The highest BCUT2D eigenvalue weighted by atomic mass is 32.2. The Morgan fingerprint density at radius 1 is 0.720 bits per heavy atom. The van der Waals surface area contributed by atoms with E-state index in [0.717, 1.165) is 6.42 Å². The summed E-state index contributed by atoms with van der Waals surface area (Å²) in [6.45, 7) is 3.29. The van der Waals surface area contributed by atoms with E-state index in [2.05, 4.69) is 6.92 Å². The highest BCUT2D eigenvalue weighted by Crippen LogP contribution is 2.12. The van der Waals surface area contributed by atoms with Crippen molar-refractivity contribution >= 4 is 10.1 Å². The summed E-state index contributed by atoms with van der Waals surface area (Å²) in [5.74, 6) is 0. The molecule has 25 heavy (non-hydrogen) atoms. The van der Waals surface area contributed by atoms with E-state index < -0.39 is 10.1 Å². The van der Waals surface area contributed by atoms with E-state index in [1.165, 1.54) is 69.9 Å². The van der Waals surface area contributed by atoms with Gasteiger partial charge in [-0.25, -0.2) is 0 Å². The fraction of sp³-hybridized carbons (Fsp3) is 0.700. The Hall–Kier alpha value is -0.910. The van der Waals surface area contributed by atoms with Crippen molar-refractivity contribution in [2.24, 2.45) is 0 Å². The number of rotatable bonds is 16. The first kappa shape index (κ1) is 22.1. The molecule has 0 saturated carbocycles. The van der Waals surface area contributed by atoms with Gasteiger partial charge >= 0.3 is 0 Å². The molecule has 0 saturated heterocycles. The summed E-state index contributed by atoms with van der Waals surface area (Å²) in [6.07, 6.45) is 12.9. The molecule has 144 valence electrons. The molecule has 0 aliphatic carbocycles. The van der Waals surface area contributed by atoms with Gasteiger partial charge in [0.05, 0.1) is 18.1 Å². The summed E-state index contributed by atoms with van der Waals surface area (Å²) in [5.41, 5.74) is 0. The Morgan fingerprint density at radius 3 is 1.88 bits per heavy atom. The molecule has 5 heteroatoms. The molecule has 1 aromatic carbocycles. The van der Waals surface area contributed by atoms with E-state index in [9.17, 15) is 8.42 Å². The van der Waals surface area contributed by atoms with Crippen molar-refractivity contribution in [1.82, 2.24) is 0 Å². The van der Waals surface area contributed by atoms with Crippen LogP contribution in [0.15, 0.2) is 35.2 Å². The summed E-state index contributed by atoms with van der Waals surface area (Å²) in [7, 11) is -3.66. The van der Waals surface area contributed by atoms with E-state index in [4.69, 9.17) is 8.92 Å². The van der Waals surface area contributed by atoms with Gasteiger partial charge in [0.15, 0.2) is 0 Å². The molecule has 0 aliphatic rings. The molecule has 4 nitrogen and oxygen atoms in total. The second kappa shape index (κ2) is 14.3. The number of hydrogen-bond donors (Lipinski definition) is 0. The van der Waals surface area contributed by atoms with E-state index in [1.807, 2.05) is 0 Å². The maximum atomic E-state index is 11.9. The van der Waals surface area contributed by atoms with Gasteiger partial charge in [0.25, 0.3) is 10.1 Å². The summed E-state index contributed by atoms with van der Waals surface area (Å²) in [6, 6.07) is 8.19. The van der Waals surface area contributed by atoms with Crippen LogP contribution < -0.4 is 0 Å². The normalized spacial score (nSPS) is 11.7. The van der Waals surface area contributed by atoms with Gasteiger partial charge in [0, 0.05) is 6.61 Å². The molecular weight excluding hydrogens is 336 g/mol. The minimum Gasteiger partial charge on any atom is -0.379 e. The van der Waals surface area contributed by atoms with Crippen LogP contribution in [0.3, 0.4) is 0 Å². The molecule has 0 fully saturated rings. The Labute approximate surface area is 154 Å². The average molecular weight is 371 g/mol. The molecule has 0 radical (unpaired) electrons. The molecular formula is C20H34O4S. The second-order valence-corrected chi connectivity index (χ2v) is 8.00. The van der Waals surface area contributed by atoms with Gasteiger partial charge in [0.2, 0.25) is 0 Å². The fourth-order valence-electron chi connectivity index (χ4n) is 2.65. The van der Waals surface area contributed by atoms with Crippen molar-refractivity contribution in [3.63, 3.8) is 0 Å². The van der Waals surface area contributed by atoms with Crippen molar-refractivity contribution in [2.75, 3.05) is 19.8 Å². The van der Waals surface area contributed by atoms with Gasteiger partial charge in [0.1, 0.15) is 0 Å². The predicted octanol–water partition coefficient (Wildman–Crippen LogP) is 5.33. The minimum absolute atomic E-state index is 0.0645. The third kappa shape index (κ3) is 11.3. The third-order valence-electron chi connectivity index (χ3n) is 4.14. The van der Waals surface area contributed by atoms with Crippen molar-refractivity contribution in [3.8, 4) is 0 Å². The lowest BCUT2D eigenvalue weighted by Gasteiger charge is -2.07. The van der Waals surface area contributed by atoms with Crippen molar-refractivity contribution in [1.29, 1.82) is 0 Å². The standard InChI is InChI=1S/C20H34O4S/c1-2-3-4-5-6-7-8-9-10-14-17-23-18-19-24-25(21,22)20-15-12-11-13-16-20/h11-13,15-16H,2-10,14,17-19H2,1H3. The number of benzene rings is 1. The summed E-state index contributed by atoms with van der Waals surface area (Å²) in [5, 5.41) is 0. The van der Waals surface area contributed by atoms with E-state index in [0.29, 0.717) is 13.2 Å². The van der Waals surface area contributed by atoms with Crippen molar-refractivity contribution < 1.29 is 17.3 Å². The van der Waals surface area contributed by atoms with Crippen LogP contribution in [0, 0.1) is 0 Å². The van der Waals surface area contributed by atoms with Crippen LogP contribution in [0.25, 0.3) is 0 Å². The van der Waals surface area contributed by atoms with Crippen LogP contribution in [0.2, 0.25) is 0 Å². The maximum absolute atomic E-state index is 11.9. The van der Waals surface area contributed by atoms with Crippen molar-refractivity contribution in [2.45, 2.75) is 76.0 Å². The van der Waals surface area contributed by atoms with E-state index >= 15 is 0 Å². The average Bonchev–Trinajstić information content (AvgIpc) is 2.63. The van der Waals surface area contributed by atoms with Gasteiger partial charge in [-0.3, -0.25) is 4.18 Å². The molecule has 1 aromatic rings. The first-order valence-electron chi connectivity index (χ1n) is 9.69. The number of hydrogen-bond acceptors (Lipinski definition) is 4. The maximum Gasteiger partial charge on any atom is 0.297 e. The Kier molecular flexibility index (Phi) is 12.6. The van der Waals surface area contributed by atoms with Gasteiger partial charge in [-0.15, -0.1) is 0 Å². The van der Waals surface area contributed by atoms with Crippen LogP contribution in [0.5, 0.6) is 0 Å². The van der Waals surface area contributed by atoms with Crippen LogP contribution in [-0.4, -0.2) is 28.2 Å². The van der Waals surface area contributed by atoms with Crippen LogP contribution in [0.4, 0.5) is 0 Å². The van der Waals surface area contributed by atoms with Gasteiger partial charge in [-0.2, -0.15) is 8.42 Å². The zero-order valence-corrected chi connectivity index (χ0v) is 16.4. The first-order valence-corrected chi connectivity index (χ1v) is 11.1. The summed E-state index contributed by atoms with van der Waals surface area (Å²) in [4.78, 5) is 0.185. The van der Waals surface area contributed by atoms with Crippen LogP contribution in [0.1, 0.15) is 71.1 Å². The summed E-state index contributed by atoms with van der Waals surface area (Å²) < 4.78 is 34.2. The zero-order valence-electron chi connectivity index (χ0n) is 15.6. The lowest BCUT2D eigenvalue weighted by atomic mass is 10.1. The molecule has 0 aliphatic heterocycles. The van der Waals surface area contributed by atoms with E-state index in [1.54, 1.807) is 18.2 Å². The van der Waals surface area contributed by atoms with Crippen LogP contribution >= 0.6 is 0 Å². The van der Waals surface area contributed by atoms with Gasteiger partial charge in [-0.1, -0.05) is 82.9 Å². The smallest absolute Gasteiger partial charge is 0.297 e. The highest BCUT2D eigenvalue weighted by molar-refractivity contribution is 7.86. The number of unbranched alkanes of at least 4 members (excludes halogenated alkanes) is 9. The highest BCUT2D eigenvalue weighted by Gasteiger charge is 2.13. The lowest BCUT2D eigenvalue weighted by molar-refractivity contribution is 0.0989. The third-order valence-corrected chi connectivity index (χ3v) is 5.47. The van der Waals surface area contributed by atoms with Crippen LogP contribution in [-0.2, 0) is 19.0 Å². The second-order valence-electron chi connectivity index (χ2n) is 6.38. The Bertz CT molecular complexity index is 514. The SMILES string of the molecule is CCCCCCCCCCCCOCCOS(=O)(=O)c1ccccc1.